The lowest BCUT2D eigenvalue weighted by Crippen LogP contribution is -1.95. The van der Waals surface area contributed by atoms with Gasteiger partial charge in [0.05, 0.1) is 19.1 Å². The minimum Gasteiger partial charge on any atom is -0.472 e. The first-order valence-corrected chi connectivity index (χ1v) is 4.02. The molecule has 0 saturated carbocycles. The summed E-state index contributed by atoms with van der Waals surface area (Å²) in [7, 11) is 0. The predicted molar refractivity (Wildman–Crippen MR) is 54.7 cm³/mol. The number of imidazole rings is 1. The largest absolute Gasteiger partial charge is 0.472 e. The van der Waals surface area contributed by atoms with Crippen molar-refractivity contribution in [1.29, 1.82) is 0 Å². The molecule has 0 aliphatic heterocycles. The van der Waals surface area contributed by atoms with Crippen LogP contribution in [0.1, 0.15) is 5.56 Å². The Hall–Kier alpha value is -1.00. The van der Waals surface area contributed by atoms with Gasteiger partial charge in [0.15, 0.2) is 4.77 Å². The average Bonchev–Trinajstić information content (AvgIpc) is 2.65. The SMILES string of the molecule is Cl.S=c1[nH]ccn1Cc1ccoc1. The van der Waals surface area contributed by atoms with Crippen molar-refractivity contribution in [3.05, 3.63) is 41.3 Å². The lowest BCUT2D eigenvalue weighted by atomic mass is 10.3. The first-order chi connectivity index (χ1) is 5.86. The summed E-state index contributed by atoms with van der Waals surface area (Å²) < 4.78 is 7.62. The van der Waals surface area contributed by atoms with E-state index in [0.29, 0.717) is 0 Å². The van der Waals surface area contributed by atoms with Gasteiger partial charge in [-0.1, -0.05) is 0 Å². The van der Waals surface area contributed by atoms with Crippen molar-refractivity contribution >= 4 is 24.6 Å². The summed E-state index contributed by atoms with van der Waals surface area (Å²) in [6, 6.07) is 1.93. The van der Waals surface area contributed by atoms with Gasteiger partial charge in [-0.15, -0.1) is 12.4 Å². The first kappa shape index (κ1) is 10.1. The molecule has 2 aromatic heterocycles. The highest BCUT2D eigenvalue weighted by atomic mass is 35.5. The molecule has 2 heterocycles. The molecule has 0 aliphatic carbocycles. The third kappa shape index (κ3) is 2.23. The van der Waals surface area contributed by atoms with Crippen molar-refractivity contribution in [3.63, 3.8) is 0 Å². The van der Waals surface area contributed by atoms with E-state index in [1.165, 1.54) is 0 Å². The van der Waals surface area contributed by atoms with Gasteiger partial charge in [0.1, 0.15) is 0 Å². The summed E-state index contributed by atoms with van der Waals surface area (Å²) in [5, 5.41) is 0. The molecule has 0 aromatic carbocycles. The minimum absolute atomic E-state index is 0. The molecule has 0 unspecified atom stereocenters. The van der Waals surface area contributed by atoms with E-state index in [1.807, 2.05) is 23.0 Å². The Balaban J connectivity index is 0.000000845. The molecule has 2 rings (SSSR count). The Labute approximate surface area is 86.8 Å². The van der Waals surface area contributed by atoms with E-state index in [2.05, 4.69) is 4.98 Å². The number of aromatic amines is 1. The summed E-state index contributed by atoms with van der Waals surface area (Å²) in [5.41, 5.74) is 1.12. The van der Waals surface area contributed by atoms with Crippen LogP contribution in [0.5, 0.6) is 0 Å². The van der Waals surface area contributed by atoms with Gasteiger partial charge in [-0.05, 0) is 18.3 Å². The van der Waals surface area contributed by atoms with Crippen molar-refractivity contribution in [3.8, 4) is 0 Å². The number of hydrogen-bond acceptors (Lipinski definition) is 2. The number of rotatable bonds is 2. The third-order valence-electron chi connectivity index (χ3n) is 1.66. The number of furan rings is 1. The van der Waals surface area contributed by atoms with Gasteiger partial charge in [0.2, 0.25) is 0 Å². The summed E-state index contributed by atoms with van der Waals surface area (Å²) in [4.78, 5) is 2.93. The maximum Gasteiger partial charge on any atom is 0.177 e. The third-order valence-corrected chi connectivity index (χ3v) is 2.01. The fourth-order valence-electron chi connectivity index (χ4n) is 1.05. The molecule has 0 amide bonds. The number of hydrogen-bond donors (Lipinski definition) is 1. The number of nitrogens with one attached hydrogen (secondary N) is 1. The van der Waals surface area contributed by atoms with E-state index in [4.69, 9.17) is 16.6 Å². The molecule has 3 nitrogen and oxygen atoms in total. The predicted octanol–water partition coefficient (Wildman–Crippen LogP) is 2.61. The van der Waals surface area contributed by atoms with Crippen LogP contribution >= 0.6 is 24.6 Å². The van der Waals surface area contributed by atoms with Crippen LogP contribution < -0.4 is 0 Å². The zero-order valence-corrected chi connectivity index (χ0v) is 8.40. The van der Waals surface area contributed by atoms with Crippen molar-refractivity contribution in [1.82, 2.24) is 9.55 Å². The van der Waals surface area contributed by atoms with Crippen LogP contribution in [0, 0.1) is 4.77 Å². The van der Waals surface area contributed by atoms with Gasteiger partial charge in [0.25, 0.3) is 0 Å². The quantitative estimate of drug-likeness (QED) is 0.783. The normalized spacial score (nSPS) is 9.54. The number of H-pyrrole nitrogens is 1. The Bertz CT molecular complexity index is 404. The Morgan fingerprint density at radius 2 is 2.38 bits per heavy atom. The smallest absolute Gasteiger partial charge is 0.177 e. The van der Waals surface area contributed by atoms with Crippen LogP contribution in [0.25, 0.3) is 0 Å². The zero-order chi connectivity index (χ0) is 8.39. The molecule has 0 atom stereocenters. The zero-order valence-electron chi connectivity index (χ0n) is 6.77. The highest BCUT2D eigenvalue weighted by Crippen LogP contribution is 2.03. The van der Waals surface area contributed by atoms with Crippen LogP contribution in [0.3, 0.4) is 0 Å². The summed E-state index contributed by atoms with van der Waals surface area (Å²) in [6.07, 6.45) is 7.11. The molecule has 0 fully saturated rings. The van der Waals surface area contributed by atoms with Crippen molar-refractivity contribution < 1.29 is 4.42 Å². The monoisotopic (exact) mass is 216 g/mol. The number of aromatic nitrogens is 2. The maximum atomic E-state index is 5.04. The van der Waals surface area contributed by atoms with Crippen LogP contribution in [0.15, 0.2) is 35.4 Å². The van der Waals surface area contributed by atoms with E-state index in [0.717, 1.165) is 16.9 Å². The maximum absolute atomic E-state index is 5.04. The topological polar surface area (TPSA) is 33.9 Å². The number of halogens is 1. The van der Waals surface area contributed by atoms with Crippen LogP contribution in [-0.4, -0.2) is 9.55 Å². The highest BCUT2D eigenvalue weighted by molar-refractivity contribution is 7.71. The molecule has 1 N–H and O–H groups in total. The standard InChI is InChI=1S/C8H8N2OS.ClH/c12-8-9-2-3-10(8)5-7-1-4-11-6-7;/h1-4,6H,5H2,(H,9,12);1H. The van der Waals surface area contributed by atoms with Gasteiger partial charge in [0, 0.05) is 18.0 Å². The van der Waals surface area contributed by atoms with Crippen LogP contribution in [0.4, 0.5) is 0 Å². The van der Waals surface area contributed by atoms with E-state index >= 15 is 0 Å². The molecular formula is C8H9ClN2OS. The number of nitrogens with zero attached hydrogens (tertiary/aromatic N) is 1. The van der Waals surface area contributed by atoms with Gasteiger partial charge >= 0.3 is 0 Å². The molecule has 2 aromatic rings. The molecule has 70 valence electrons. The van der Waals surface area contributed by atoms with E-state index in [1.54, 1.807) is 12.5 Å². The highest BCUT2D eigenvalue weighted by Gasteiger charge is 1.96. The van der Waals surface area contributed by atoms with E-state index in [9.17, 15) is 0 Å². The van der Waals surface area contributed by atoms with Gasteiger partial charge < -0.3 is 14.0 Å². The lowest BCUT2D eigenvalue weighted by Gasteiger charge is -1.96. The summed E-state index contributed by atoms with van der Waals surface area (Å²) in [6.45, 7) is 0.763. The molecule has 0 spiro atoms. The second-order valence-electron chi connectivity index (χ2n) is 2.52. The fraction of sp³-hybridized carbons (Fsp3) is 0.125. The molecule has 0 aliphatic rings. The minimum atomic E-state index is 0. The molecule has 0 saturated heterocycles. The molecule has 5 heteroatoms. The van der Waals surface area contributed by atoms with Crippen molar-refractivity contribution in [2.45, 2.75) is 6.54 Å². The molecule has 0 bridgehead atoms. The van der Waals surface area contributed by atoms with Crippen molar-refractivity contribution in [2.75, 3.05) is 0 Å². The van der Waals surface area contributed by atoms with Gasteiger partial charge in [-0.2, -0.15) is 0 Å². The summed E-state index contributed by atoms with van der Waals surface area (Å²) in [5.74, 6) is 0. The summed E-state index contributed by atoms with van der Waals surface area (Å²) >= 11 is 5.04. The Morgan fingerprint density at radius 3 is 2.92 bits per heavy atom. The molecule has 13 heavy (non-hydrogen) atoms. The average molecular weight is 217 g/mol. The molecule has 0 radical (unpaired) electrons. The second-order valence-corrected chi connectivity index (χ2v) is 2.91. The second kappa shape index (κ2) is 4.30. The Morgan fingerprint density at radius 1 is 1.54 bits per heavy atom. The van der Waals surface area contributed by atoms with Gasteiger partial charge in [-0.3, -0.25) is 0 Å². The van der Waals surface area contributed by atoms with Crippen LogP contribution in [0.2, 0.25) is 0 Å². The van der Waals surface area contributed by atoms with E-state index < -0.39 is 0 Å². The van der Waals surface area contributed by atoms with E-state index in [-0.39, 0.29) is 12.4 Å². The fourth-order valence-corrected chi connectivity index (χ4v) is 1.25. The van der Waals surface area contributed by atoms with Gasteiger partial charge in [-0.25, -0.2) is 0 Å². The van der Waals surface area contributed by atoms with Crippen molar-refractivity contribution in [2.24, 2.45) is 0 Å². The lowest BCUT2D eigenvalue weighted by molar-refractivity contribution is 0.562. The van der Waals surface area contributed by atoms with Crippen LogP contribution in [-0.2, 0) is 6.54 Å². The molecular weight excluding hydrogens is 208 g/mol. The first-order valence-electron chi connectivity index (χ1n) is 3.61. The Kier molecular flexibility index (Phi) is 3.33.